The topological polar surface area (TPSA) is 85.0 Å². The summed E-state index contributed by atoms with van der Waals surface area (Å²) >= 11 is 1.17. The Labute approximate surface area is 203 Å². The molecule has 0 spiro atoms. The van der Waals surface area contributed by atoms with Crippen LogP contribution in [0.3, 0.4) is 0 Å². The maximum atomic E-state index is 13.5. The lowest BCUT2D eigenvalue weighted by Crippen LogP contribution is -2.32. The molecule has 0 bridgehead atoms. The van der Waals surface area contributed by atoms with Gasteiger partial charge in [0.15, 0.2) is 5.17 Å². The molecule has 0 aromatic heterocycles. The molecule has 1 heterocycles. The van der Waals surface area contributed by atoms with Crippen LogP contribution in [0.4, 0.5) is 5.69 Å². The first kappa shape index (κ1) is 23.3. The summed E-state index contributed by atoms with van der Waals surface area (Å²) in [5.74, 6) is -0.0393. The molecule has 2 amide bonds. The van der Waals surface area contributed by atoms with E-state index >= 15 is 0 Å². The third-order valence-corrected chi connectivity index (χ3v) is 6.52. The molecule has 7 heteroatoms. The molecule has 1 aliphatic rings. The van der Waals surface area contributed by atoms with E-state index in [1.807, 2.05) is 86.6 Å². The van der Waals surface area contributed by atoms with Crippen molar-refractivity contribution in [3.05, 3.63) is 101 Å². The maximum absolute atomic E-state index is 13.5. The number of methoxy groups -OCH3 is 1. The van der Waals surface area contributed by atoms with Crippen molar-refractivity contribution in [2.45, 2.75) is 19.1 Å². The van der Waals surface area contributed by atoms with Crippen LogP contribution < -0.4 is 15.4 Å². The highest BCUT2D eigenvalue weighted by Crippen LogP contribution is 2.37. The van der Waals surface area contributed by atoms with Crippen LogP contribution in [-0.2, 0) is 9.59 Å². The Kier molecular flexibility index (Phi) is 6.84. The molecular weight excluding hydrogens is 446 g/mol. The smallest absolute Gasteiger partial charge is 0.283 e. The largest absolute Gasteiger partial charge is 0.497 e. The number of amidine groups is 1. The van der Waals surface area contributed by atoms with Gasteiger partial charge in [-0.05, 0) is 66.4 Å². The van der Waals surface area contributed by atoms with Crippen molar-refractivity contribution in [3.8, 4) is 5.75 Å². The predicted molar refractivity (Wildman–Crippen MR) is 138 cm³/mol. The van der Waals surface area contributed by atoms with Crippen LogP contribution in [0, 0.1) is 13.8 Å². The number of rotatable bonds is 6. The van der Waals surface area contributed by atoms with Crippen LogP contribution in [-0.4, -0.2) is 24.1 Å². The van der Waals surface area contributed by atoms with Gasteiger partial charge in [-0.25, -0.2) is 4.99 Å². The molecule has 1 atom stereocenters. The quantitative estimate of drug-likeness (QED) is 0.512. The van der Waals surface area contributed by atoms with E-state index in [0.717, 1.165) is 28.0 Å². The molecule has 172 valence electrons. The Bertz CT molecular complexity index is 1260. The summed E-state index contributed by atoms with van der Waals surface area (Å²) < 4.78 is 5.21. The van der Waals surface area contributed by atoms with Crippen molar-refractivity contribution in [3.63, 3.8) is 0 Å². The molecule has 1 aliphatic heterocycles. The van der Waals surface area contributed by atoms with Gasteiger partial charge in [0.25, 0.3) is 5.91 Å². The van der Waals surface area contributed by atoms with Gasteiger partial charge in [0.2, 0.25) is 5.91 Å². The number of amides is 2. The van der Waals surface area contributed by atoms with Gasteiger partial charge in [-0.2, -0.15) is 0 Å². The molecule has 2 N–H and O–H groups in total. The molecule has 34 heavy (non-hydrogen) atoms. The van der Waals surface area contributed by atoms with Gasteiger partial charge in [-0.3, -0.25) is 14.5 Å². The number of carbonyl (C=O) groups excluding carboxylic acids is 2. The van der Waals surface area contributed by atoms with E-state index in [4.69, 9.17) is 10.5 Å². The summed E-state index contributed by atoms with van der Waals surface area (Å²) in [7, 11) is 1.60. The first-order valence-corrected chi connectivity index (χ1v) is 11.6. The highest BCUT2D eigenvalue weighted by Gasteiger charge is 2.35. The summed E-state index contributed by atoms with van der Waals surface area (Å²) in [5.41, 5.74) is 10.3. The number of ether oxygens (including phenoxy) is 1. The number of hydrogen-bond donors (Lipinski definition) is 1. The van der Waals surface area contributed by atoms with Gasteiger partial charge in [0.1, 0.15) is 16.7 Å². The second kappa shape index (κ2) is 9.97. The Balaban J connectivity index is 1.77. The summed E-state index contributed by atoms with van der Waals surface area (Å²) in [6.07, 6.45) is 1.73. The van der Waals surface area contributed by atoms with Gasteiger partial charge >= 0.3 is 0 Å². The van der Waals surface area contributed by atoms with Crippen LogP contribution in [0.15, 0.2) is 83.5 Å². The lowest BCUT2D eigenvalue weighted by Gasteiger charge is -2.21. The van der Waals surface area contributed by atoms with Gasteiger partial charge in [-0.15, -0.1) is 0 Å². The third kappa shape index (κ3) is 5.05. The van der Waals surface area contributed by atoms with Crippen LogP contribution in [0.1, 0.15) is 27.5 Å². The molecule has 1 unspecified atom stereocenters. The number of aliphatic imine (C=N–C) groups is 1. The second-order valence-electron chi connectivity index (χ2n) is 7.99. The molecule has 0 radical (unpaired) electrons. The van der Waals surface area contributed by atoms with Crippen molar-refractivity contribution in [1.29, 1.82) is 0 Å². The van der Waals surface area contributed by atoms with Gasteiger partial charge in [0, 0.05) is 0 Å². The molecule has 0 aliphatic carbocycles. The van der Waals surface area contributed by atoms with E-state index in [0.29, 0.717) is 10.9 Å². The minimum absolute atomic E-state index is 0.264. The van der Waals surface area contributed by atoms with Crippen LogP contribution in [0.5, 0.6) is 5.75 Å². The average Bonchev–Trinajstić information content (AvgIpc) is 3.12. The van der Waals surface area contributed by atoms with Crippen molar-refractivity contribution >= 4 is 40.5 Å². The summed E-state index contributed by atoms with van der Waals surface area (Å²) in [5, 5.41) is -0.288. The number of carbonyl (C=O) groups is 2. The standard InChI is InChI=1S/C27H25N3O3S/c1-17-13-18(2)15-21(14-17)30-26(32)23(16-19-9-11-22(33-3)12-10-19)29-27(30)34-24(25(28)31)20-7-5-4-6-8-20/h4-16,24H,1-3H3,(H2,28,31). The SMILES string of the molecule is COc1ccc(C=C2N=C(SC(C(N)=O)c3ccccc3)N(c3cc(C)cc(C)c3)C2=O)cc1. The molecule has 0 fully saturated rings. The molecule has 6 nitrogen and oxygen atoms in total. The predicted octanol–water partition coefficient (Wildman–Crippen LogP) is 5.02. The fourth-order valence-electron chi connectivity index (χ4n) is 3.76. The highest BCUT2D eigenvalue weighted by molar-refractivity contribution is 8.15. The van der Waals surface area contributed by atoms with Crippen molar-refractivity contribution in [2.24, 2.45) is 10.7 Å². The Morgan fingerprint density at radius 3 is 2.26 bits per heavy atom. The number of thioether (sulfide) groups is 1. The van der Waals surface area contributed by atoms with E-state index in [1.165, 1.54) is 11.8 Å². The van der Waals surface area contributed by atoms with Gasteiger partial charge < -0.3 is 10.5 Å². The number of anilines is 1. The minimum Gasteiger partial charge on any atom is -0.497 e. The number of primary amides is 1. The molecule has 4 rings (SSSR count). The lowest BCUT2D eigenvalue weighted by molar-refractivity contribution is -0.117. The van der Waals surface area contributed by atoms with Crippen LogP contribution >= 0.6 is 11.8 Å². The average molecular weight is 472 g/mol. The number of aryl methyl sites for hydroxylation is 2. The van der Waals surface area contributed by atoms with Gasteiger partial charge in [0.05, 0.1) is 12.8 Å². The van der Waals surface area contributed by atoms with E-state index in [-0.39, 0.29) is 11.6 Å². The maximum Gasteiger partial charge on any atom is 0.283 e. The second-order valence-corrected chi connectivity index (χ2v) is 9.07. The number of nitrogens with two attached hydrogens (primary N) is 1. The zero-order valence-electron chi connectivity index (χ0n) is 19.2. The molecule has 0 saturated heterocycles. The van der Waals surface area contributed by atoms with E-state index < -0.39 is 11.2 Å². The zero-order valence-corrected chi connectivity index (χ0v) is 20.0. The fraction of sp³-hybridized carbons (Fsp3) is 0.148. The van der Waals surface area contributed by atoms with Crippen molar-refractivity contribution in [1.82, 2.24) is 0 Å². The molecular formula is C27H25N3O3S. The summed E-state index contributed by atoms with van der Waals surface area (Å²) in [6, 6.07) is 22.5. The van der Waals surface area contributed by atoms with E-state index in [9.17, 15) is 9.59 Å². The first-order valence-electron chi connectivity index (χ1n) is 10.7. The molecule has 3 aromatic carbocycles. The van der Waals surface area contributed by atoms with Crippen LogP contribution in [0.2, 0.25) is 0 Å². The Morgan fingerprint density at radius 1 is 1.03 bits per heavy atom. The zero-order chi connectivity index (χ0) is 24.2. The third-order valence-electron chi connectivity index (χ3n) is 5.30. The fourth-order valence-corrected chi connectivity index (χ4v) is 4.83. The van der Waals surface area contributed by atoms with Crippen molar-refractivity contribution in [2.75, 3.05) is 12.0 Å². The number of nitrogens with zero attached hydrogens (tertiary/aromatic N) is 2. The summed E-state index contributed by atoms with van der Waals surface area (Å²) in [6.45, 7) is 3.95. The normalized spacial score (nSPS) is 15.4. The van der Waals surface area contributed by atoms with Crippen molar-refractivity contribution < 1.29 is 14.3 Å². The van der Waals surface area contributed by atoms with Crippen LogP contribution in [0.25, 0.3) is 6.08 Å². The number of hydrogen-bond acceptors (Lipinski definition) is 5. The van der Waals surface area contributed by atoms with E-state index in [2.05, 4.69) is 4.99 Å². The molecule has 0 saturated carbocycles. The Morgan fingerprint density at radius 2 is 1.68 bits per heavy atom. The van der Waals surface area contributed by atoms with Gasteiger partial charge in [-0.1, -0.05) is 60.3 Å². The lowest BCUT2D eigenvalue weighted by atomic mass is 10.1. The monoisotopic (exact) mass is 471 g/mol. The molecule has 3 aromatic rings. The summed E-state index contributed by atoms with van der Waals surface area (Å²) in [4.78, 5) is 32.1. The van der Waals surface area contributed by atoms with E-state index in [1.54, 1.807) is 18.1 Å². The highest BCUT2D eigenvalue weighted by atomic mass is 32.2. The first-order chi connectivity index (χ1) is 16.4. The minimum atomic E-state index is -0.693. The number of benzene rings is 3. The Hall–Kier alpha value is -3.84.